The number of hydrogen-bond donors (Lipinski definition) is 2. The monoisotopic (exact) mass is 289 g/mol. The van der Waals surface area contributed by atoms with Gasteiger partial charge in [-0.25, -0.2) is 0 Å². The predicted molar refractivity (Wildman–Crippen MR) is 87.7 cm³/mol. The molecule has 0 bridgehead atoms. The molecule has 2 atom stereocenters. The lowest BCUT2D eigenvalue weighted by Crippen LogP contribution is -2.43. The Bertz CT molecular complexity index is 480. The summed E-state index contributed by atoms with van der Waals surface area (Å²) in [6, 6.07) is 8.74. The molecule has 20 heavy (non-hydrogen) atoms. The molecular weight excluding hydrogens is 266 g/mol. The lowest BCUT2D eigenvalue weighted by Gasteiger charge is -2.30. The summed E-state index contributed by atoms with van der Waals surface area (Å²) in [7, 11) is 1.85. The van der Waals surface area contributed by atoms with Gasteiger partial charge >= 0.3 is 0 Å². The second-order valence-electron chi connectivity index (χ2n) is 5.57. The van der Waals surface area contributed by atoms with Gasteiger partial charge in [0.25, 0.3) is 0 Å². The number of rotatable bonds is 4. The lowest BCUT2D eigenvalue weighted by molar-refractivity contribution is 0.583. The summed E-state index contributed by atoms with van der Waals surface area (Å²) in [5, 5.41) is 7.68. The van der Waals surface area contributed by atoms with Gasteiger partial charge in [-0.3, -0.25) is 4.99 Å². The molecule has 1 aliphatic carbocycles. The van der Waals surface area contributed by atoms with Gasteiger partial charge in [-0.15, -0.1) is 0 Å². The molecule has 2 aliphatic rings. The zero-order chi connectivity index (χ0) is 13.8. The Labute approximate surface area is 125 Å². The molecule has 108 valence electrons. The van der Waals surface area contributed by atoms with Crippen LogP contribution < -0.4 is 10.6 Å². The van der Waals surface area contributed by atoms with Crippen molar-refractivity contribution < 1.29 is 0 Å². The zero-order valence-electron chi connectivity index (χ0n) is 12.1. The molecule has 1 saturated heterocycles. The lowest BCUT2D eigenvalue weighted by atomic mass is 9.78. The van der Waals surface area contributed by atoms with Crippen LogP contribution in [-0.4, -0.2) is 37.1 Å². The largest absolute Gasteiger partial charge is 0.356 e. The third-order valence-electron chi connectivity index (χ3n) is 4.22. The fraction of sp³-hybridized carbons (Fsp3) is 0.562. The summed E-state index contributed by atoms with van der Waals surface area (Å²) in [5.74, 6) is 2.91. The zero-order valence-corrected chi connectivity index (χ0v) is 12.9. The molecule has 0 saturated carbocycles. The highest BCUT2D eigenvalue weighted by molar-refractivity contribution is 8.00. The van der Waals surface area contributed by atoms with Crippen LogP contribution in [0, 0.1) is 0 Å². The molecule has 1 fully saturated rings. The standard InChI is InChI=1S/C16H23N3S/c1-17-16(19-11-14-6-4-8-20-14)18-10-13-9-12-5-2-3-7-15(12)13/h2-3,5,7,13-14H,4,6,8-11H2,1H3,(H2,17,18,19). The Morgan fingerprint density at radius 2 is 2.15 bits per heavy atom. The van der Waals surface area contributed by atoms with Crippen molar-refractivity contribution in [2.45, 2.75) is 30.4 Å². The van der Waals surface area contributed by atoms with Crippen LogP contribution in [0.5, 0.6) is 0 Å². The highest BCUT2D eigenvalue weighted by atomic mass is 32.2. The van der Waals surface area contributed by atoms with E-state index < -0.39 is 0 Å². The van der Waals surface area contributed by atoms with E-state index >= 15 is 0 Å². The number of thioether (sulfide) groups is 1. The van der Waals surface area contributed by atoms with Crippen LogP contribution in [0.1, 0.15) is 29.9 Å². The first-order valence-electron chi connectivity index (χ1n) is 7.50. The molecule has 0 aromatic heterocycles. The van der Waals surface area contributed by atoms with Crippen molar-refractivity contribution in [3.05, 3.63) is 35.4 Å². The Kier molecular flexibility index (Phi) is 4.51. The topological polar surface area (TPSA) is 36.4 Å². The van der Waals surface area contributed by atoms with Gasteiger partial charge in [-0.2, -0.15) is 11.8 Å². The average Bonchev–Trinajstić information content (AvgIpc) is 2.96. The smallest absolute Gasteiger partial charge is 0.191 e. The fourth-order valence-corrected chi connectivity index (χ4v) is 4.20. The van der Waals surface area contributed by atoms with Crippen LogP contribution in [0.4, 0.5) is 0 Å². The van der Waals surface area contributed by atoms with Crippen molar-refractivity contribution in [3.8, 4) is 0 Å². The highest BCUT2D eigenvalue weighted by Gasteiger charge is 2.25. The maximum absolute atomic E-state index is 4.32. The van der Waals surface area contributed by atoms with E-state index in [1.165, 1.54) is 36.1 Å². The van der Waals surface area contributed by atoms with E-state index in [2.05, 4.69) is 51.7 Å². The molecule has 1 aliphatic heterocycles. The summed E-state index contributed by atoms with van der Waals surface area (Å²) < 4.78 is 0. The van der Waals surface area contributed by atoms with Gasteiger partial charge < -0.3 is 10.6 Å². The molecular formula is C16H23N3S. The number of hydrogen-bond acceptors (Lipinski definition) is 2. The summed E-state index contributed by atoms with van der Waals surface area (Å²) in [6.07, 6.45) is 3.89. The average molecular weight is 289 g/mol. The Balaban J connectivity index is 1.43. The number of aliphatic imine (C=N–C) groups is 1. The molecule has 1 heterocycles. The van der Waals surface area contributed by atoms with E-state index in [1.54, 1.807) is 0 Å². The number of guanidine groups is 1. The Morgan fingerprint density at radius 1 is 1.30 bits per heavy atom. The van der Waals surface area contributed by atoms with Gasteiger partial charge in [0, 0.05) is 31.3 Å². The molecule has 0 amide bonds. The first-order valence-corrected chi connectivity index (χ1v) is 8.55. The van der Waals surface area contributed by atoms with E-state index in [0.717, 1.165) is 24.3 Å². The molecule has 0 radical (unpaired) electrons. The third-order valence-corrected chi connectivity index (χ3v) is 5.62. The van der Waals surface area contributed by atoms with E-state index in [0.29, 0.717) is 5.92 Å². The van der Waals surface area contributed by atoms with Crippen LogP contribution in [0.3, 0.4) is 0 Å². The third kappa shape index (κ3) is 3.11. The van der Waals surface area contributed by atoms with Crippen LogP contribution in [0.2, 0.25) is 0 Å². The minimum absolute atomic E-state index is 0.644. The van der Waals surface area contributed by atoms with Gasteiger partial charge in [-0.05, 0) is 36.1 Å². The SMILES string of the molecule is CN=C(NCC1CCCS1)NCC1Cc2ccccc21. The minimum atomic E-state index is 0.644. The van der Waals surface area contributed by atoms with Crippen LogP contribution in [0.15, 0.2) is 29.3 Å². The van der Waals surface area contributed by atoms with Crippen molar-refractivity contribution in [2.75, 3.05) is 25.9 Å². The van der Waals surface area contributed by atoms with Crippen LogP contribution in [0.25, 0.3) is 0 Å². The van der Waals surface area contributed by atoms with Crippen LogP contribution >= 0.6 is 11.8 Å². The molecule has 0 spiro atoms. The molecule has 2 N–H and O–H groups in total. The number of nitrogens with zero attached hydrogens (tertiary/aromatic N) is 1. The van der Waals surface area contributed by atoms with Crippen molar-refractivity contribution in [1.29, 1.82) is 0 Å². The second-order valence-corrected chi connectivity index (χ2v) is 6.98. The maximum Gasteiger partial charge on any atom is 0.191 e. The Hall–Kier alpha value is -1.16. The molecule has 3 rings (SSSR count). The molecule has 4 heteroatoms. The van der Waals surface area contributed by atoms with E-state index in [-0.39, 0.29) is 0 Å². The second kappa shape index (κ2) is 6.53. The number of fused-ring (bicyclic) bond motifs is 1. The van der Waals surface area contributed by atoms with Crippen molar-refractivity contribution in [1.82, 2.24) is 10.6 Å². The van der Waals surface area contributed by atoms with E-state index in [4.69, 9.17) is 0 Å². The first-order chi connectivity index (χ1) is 9.86. The van der Waals surface area contributed by atoms with Gasteiger partial charge in [-0.1, -0.05) is 24.3 Å². The quantitative estimate of drug-likeness (QED) is 0.660. The Morgan fingerprint density at radius 3 is 2.90 bits per heavy atom. The van der Waals surface area contributed by atoms with Gasteiger partial charge in [0.15, 0.2) is 5.96 Å². The highest BCUT2D eigenvalue weighted by Crippen LogP contribution is 2.33. The molecule has 1 aromatic carbocycles. The normalized spacial score (nSPS) is 24.9. The maximum atomic E-state index is 4.32. The summed E-state index contributed by atoms with van der Waals surface area (Å²) in [4.78, 5) is 4.32. The molecule has 3 nitrogen and oxygen atoms in total. The van der Waals surface area contributed by atoms with Crippen molar-refractivity contribution in [2.24, 2.45) is 4.99 Å². The summed E-state index contributed by atoms with van der Waals surface area (Å²) >= 11 is 2.08. The summed E-state index contributed by atoms with van der Waals surface area (Å²) in [6.45, 7) is 2.01. The minimum Gasteiger partial charge on any atom is -0.356 e. The van der Waals surface area contributed by atoms with Crippen molar-refractivity contribution in [3.63, 3.8) is 0 Å². The molecule has 2 unspecified atom stereocenters. The van der Waals surface area contributed by atoms with E-state index in [9.17, 15) is 0 Å². The summed E-state index contributed by atoms with van der Waals surface area (Å²) in [5.41, 5.74) is 3.01. The fourth-order valence-electron chi connectivity index (χ4n) is 3.00. The van der Waals surface area contributed by atoms with E-state index in [1.807, 2.05) is 7.05 Å². The number of nitrogens with one attached hydrogen (secondary N) is 2. The predicted octanol–water partition coefficient (Wildman–Crippen LogP) is 2.39. The first kappa shape index (κ1) is 13.8. The van der Waals surface area contributed by atoms with Gasteiger partial charge in [0.05, 0.1) is 0 Å². The van der Waals surface area contributed by atoms with Crippen LogP contribution in [-0.2, 0) is 6.42 Å². The van der Waals surface area contributed by atoms with Gasteiger partial charge in [0.1, 0.15) is 0 Å². The molecule has 1 aromatic rings. The van der Waals surface area contributed by atoms with Gasteiger partial charge in [0.2, 0.25) is 0 Å². The van der Waals surface area contributed by atoms with Crippen molar-refractivity contribution >= 4 is 17.7 Å². The number of benzene rings is 1.